The van der Waals surface area contributed by atoms with E-state index in [9.17, 15) is 0 Å². The highest BCUT2D eigenvalue weighted by Crippen LogP contribution is 2.47. The SMILES string of the molecule is C=C(c1ccccc1)P(c1ccccc1)c1ccccc1. The summed E-state index contributed by atoms with van der Waals surface area (Å²) in [6.07, 6.45) is 0. The summed E-state index contributed by atoms with van der Waals surface area (Å²) in [5, 5.41) is 3.88. The third-order valence-corrected chi connectivity index (χ3v) is 5.83. The highest BCUT2D eigenvalue weighted by molar-refractivity contribution is 7.82. The van der Waals surface area contributed by atoms with E-state index in [0.29, 0.717) is 0 Å². The van der Waals surface area contributed by atoms with Crippen LogP contribution in [-0.2, 0) is 0 Å². The van der Waals surface area contributed by atoms with Gasteiger partial charge >= 0.3 is 0 Å². The van der Waals surface area contributed by atoms with Crippen molar-refractivity contribution in [3.05, 3.63) is 103 Å². The van der Waals surface area contributed by atoms with Gasteiger partial charge in [0.05, 0.1) is 0 Å². The van der Waals surface area contributed by atoms with E-state index in [1.165, 1.54) is 21.5 Å². The molecule has 0 aliphatic heterocycles. The number of hydrogen-bond acceptors (Lipinski definition) is 0. The molecule has 3 rings (SSSR count). The van der Waals surface area contributed by atoms with Gasteiger partial charge in [-0.1, -0.05) is 97.6 Å². The van der Waals surface area contributed by atoms with Crippen molar-refractivity contribution in [2.24, 2.45) is 0 Å². The fourth-order valence-electron chi connectivity index (χ4n) is 2.37. The van der Waals surface area contributed by atoms with Gasteiger partial charge in [0.2, 0.25) is 0 Å². The van der Waals surface area contributed by atoms with E-state index >= 15 is 0 Å². The fourth-order valence-corrected chi connectivity index (χ4v) is 4.64. The molecule has 0 atom stereocenters. The molecular weight excluding hydrogens is 271 g/mol. The molecule has 0 fully saturated rings. The summed E-state index contributed by atoms with van der Waals surface area (Å²) in [6, 6.07) is 31.8. The van der Waals surface area contributed by atoms with E-state index in [-0.39, 0.29) is 0 Å². The zero-order chi connectivity index (χ0) is 14.5. The first-order chi connectivity index (χ1) is 10.4. The molecule has 0 nitrogen and oxygen atoms in total. The summed E-state index contributed by atoms with van der Waals surface area (Å²) in [4.78, 5) is 0. The monoisotopic (exact) mass is 288 g/mol. The zero-order valence-electron chi connectivity index (χ0n) is 11.8. The van der Waals surface area contributed by atoms with Crippen LogP contribution in [0.3, 0.4) is 0 Å². The van der Waals surface area contributed by atoms with Crippen LogP contribution >= 0.6 is 7.92 Å². The summed E-state index contributed by atoms with van der Waals surface area (Å²) in [5.74, 6) is 0. The fraction of sp³-hybridized carbons (Fsp3) is 0. The lowest BCUT2D eigenvalue weighted by Crippen LogP contribution is -2.12. The second-order valence-corrected chi connectivity index (χ2v) is 7.06. The van der Waals surface area contributed by atoms with Crippen LogP contribution in [-0.4, -0.2) is 0 Å². The van der Waals surface area contributed by atoms with Gasteiger partial charge < -0.3 is 0 Å². The van der Waals surface area contributed by atoms with Crippen LogP contribution in [0.25, 0.3) is 5.31 Å². The smallest absolute Gasteiger partial charge is 0.0134 e. The number of rotatable bonds is 4. The van der Waals surface area contributed by atoms with Crippen molar-refractivity contribution in [1.29, 1.82) is 0 Å². The summed E-state index contributed by atoms with van der Waals surface area (Å²) in [5.41, 5.74) is 1.22. The minimum Gasteiger partial charge on any atom is -0.0900 e. The third kappa shape index (κ3) is 3.12. The quantitative estimate of drug-likeness (QED) is 0.605. The van der Waals surface area contributed by atoms with Gasteiger partial charge in [-0.2, -0.15) is 0 Å². The topological polar surface area (TPSA) is 0 Å². The van der Waals surface area contributed by atoms with Crippen molar-refractivity contribution in [2.75, 3.05) is 0 Å². The Kier molecular flexibility index (Phi) is 4.28. The first-order valence-electron chi connectivity index (χ1n) is 7.01. The Morgan fingerprint density at radius 2 is 0.952 bits per heavy atom. The highest BCUT2D eigenvalue weighted by Gasteiger charge is 2.17. The van der Waals surface area contributed by atoms with Gasteiger partial charge in [0.1, 0.15) is 0 Å². The third-order valence-electron chi connectivity index (χ3n) is 3.41. The molecule has 0 aliphatic carbocycles. The maximum absolute atomic E-state index is 4.41. The van der Waals surface area contributed by atoms with Crippen LogP contribution in [0.15, 0.2) is 97.6 Å². The summed E-state index contributed by atoms with van der Waals surface area (Å²) < 4.78 is 0. The maximum atomic E-state index is 4.41. The number of benzene rings is 3. The molecule has 0 saturated heterocycles. The lowest BCUT2D eigenvalue weighted by molar-refractivity contribution is 1.65. The molecule has 0 N–H and O–H groups in total. The molecule has 0 aromatic heterocycles. The first kappa shape index (κ1) is 13.8. The molecule has 21 heavy (non-hydrogen) atoms. The van der Waals surface area contributed by atoms with Crippen LogP contribution in [0.2, 0.25) is 0 Å². The minimum atomic E-state index is -0.583. The molecule has 0 amide bonds. The Balaban J connectivity index is 2.07. The lowest BCUT2D eigenvalue weighted by Gasteiger charge is -2.21. The number of hydrogen-bond donors (Lipinski definition) is 0. The van der Waals surface area contributed by atoms with E-state index in [1.54, 1.807) is 0 Å². The summed E-state index contributed by atoms with van der Waals surface area (Å²) in [7, 11) is -0.583. The first-order valence-corrected chi connectivity index (χ1v) is 8.35. The van der Waals surface area contributed by atoms with E-state index in [1.807, 2.05) is 6.07 Å². The lowest BCUT2D eigenvalue weighted by atomic mass is 10.2. The van der Waals surface area contributed by atoms with Gasteiger partial charge in [-0.05, 0) is 29.4 Å². The van der Waals surface area contributed by atoms with Gasteiger partial charge in [0.25, 0.3) is 0 Å². The molecule has 0 heterocycles. The standard InChI is InChI=1S/C20H17P/c1-17(18-11-5-2-6-12-18)21(19-13-7-3-8-14-19)20-15-9-4-10-16-20/h2-16H,1H2. The molecule has 0 radical (unpaired) electrons. The van der Waals surface area contributed by atoms with E-state index in [0.717, 1.165) is 0 Å². The van der Waals surface area contributed by atoms with Crippen molar-refractivity contribution in [3.8, 4) is 0 Å². The molecule has 3 aromatic carbocycles. The predicted molar refractivity (Wildman–Crippen MR) is 94.5 cm³/mol. The molecule has 102 valence electrons. The van der Waals surface area contributed by atoms with Crippen molar-refractivity contribution < 1.29 is 0 Å². The Morgan fingerprint density at radius 3 is 1.38 bits per heavy atom. The molecule has 0 bridgehead atoms. The van der Waals surface area contributed by atoms with Crippen LogP contribution in [0, 0.1) is 0 Å². The average molecular weight is 288 g/mol. The van der Waals surface area contributed by atoms with E-state index < -0.39 is 7.92 Å². The Bertz CT molecular complexity index is 663. The zero-order valence-corrected chi connectivity index (χ0v) is 12.7. The van der Waals surface area contributed by atoms with E-state index in [4.69, 9.17) is 0 Å². The summed E-state index contributed by atoms with van der Waals surface area (Å²) in [6.45, 7) is 4.41. The van der Waals surface area contributed by atoms with Crippen molar-refractivity contribution in [3.63, 3.8) is 0 Å². The second kappa shape index (κ2) is 6.52. The van der Waals surface area contributed by atoms with Gasteiger partial charge in [0.15, 0.2) is 0 Å². The van der Waals surface area contributed by atoms with Gasteiger partial charge in [0, 0.05) is 0 Å². The van der Waals surface area contributed by atoms with Crippen LogP contribution in [0.1, 0.15) is 5.56 Å². The summed E-state index contributed by atoms with van der Waals surface area (Å²) >= 11 is 0. The van der Waals surface area contributed by atoms with Crippen LogP contribution in [0.4, 0.5) is 0 Å². The maximum Gasteiger partial charge on any atom is -0.0134 e. The predicted octanol–water partition coefficient (Wildman–Crippen LogP) is 4.79. The molecule has 3 aromatic rings. The normalized spacial score (nSPS) is 10.5. The van der Waals surface area contributed by atoms with Crippen molar-refractivity contribution in [1.82, 2.24) is 0 Å². The van der Waals surface area contributed by atoms with E-state index in [2.05, 4.69) is 91.5 Å². The van der Waals surface area contributed by atoms with Gasteiger partial charge in [-0.15, -0.1) is 0 Å². The molecule has 1 heteroatoms. The highest BCUT2D eigenvalue weighted by atomic mass is 31.1. The second-order valence-electron chi connectivity index (χ2n) is 4.82. The average Bonchev–Trinajstić information content (AvgIpc) is 2.58. The molecule has 0 unspecified atom stereocenters. The Labute approximate surface area is 127 Å². The van der Waals surface area contributed by atoms with Crippen molar-refractivity contribution in [2.45, 2.75) is 0 Å². The van der Waals surface area contributed by atoms with Gasteiger partial charge in [-0.25, -0.2) is 0 Å². The molecule has 0 saturated carbocycles. The van der Waals surface area contributed by atoms with Crippen LogP contribution < -0.4 is 10.6 Å². The Morgan fingerprint density at radius 1 is 0.571 bits per heavy atom. The largest absolute Gasteiger partial charge is 0.0900 e. The van der Waals surface area contributed by atoms with Gasteiger partial charge in [-0.3, -0.25) is 0 Å². The molecular formula is C20H17P. The molecule has 0 aliphatic rings. The minimum absolute atomic E-state index is 0.583. The van der Waals surface area contributed by atoms with Crippen LogP contribution in [0.5, 0.6) is 0 Å². The molecule has 0 spiro atoms. The Hall–Kier alpha value is -2.17. The van der Waals surface area contributed by atoms with Crippen molar-refractivity contribution >= 4 is 23.8 Å².